The van der Waals surface area contributed by atoms with Crippen molar-refractivity contribution in [1.29, 1.82) is 0 Å². The molecule has 3 saturated heterocycles. The Morgan fingerprint density at radius 3 is 2.47 bits per heavy atom. The minimum atomic E-state index is -4.69. The van der Waals surface area contributed by atoms with Crippen LogP contribution in [0.2, 0.25) is 0 Å². The summed E-state index contributed by atoms with van der Waals surface area (Å²) in [7, 11) is -3.91. The fourth-order valence-electron chi connectivity index (χ4n) is 4.46. The smallest absolute Gasteiger partial charge is 0.380 e. The lowest BCUT2D eigenvalue weighted by atomic mass is 10.1. The summed E-state index contributed by atoms with van der Waals surface area (Å²) in [5.41, 5.74) is -0.00565. The Labute approximate surface area is 184 Å². The van der Waals surface area contributed by atoms with E-state index in [2.05, 4.69) is 4.98 Å². The molecule has 32 heavy (non-hydrogen) atoms. The maximum Gasteiger partial charge on any atom is 0.410 e. The van der Waals surface area contributed by atoms with E-state index in [4.69, 9.17) is 9.47 Å². The van der Waals surface area contributed by atoms with E-state index >= 15 is 0 Å². The monoisotopic (exact) mass is 480 g/mol. The number of morpholine rings is 1. The first-order valence-electron chi connectivity index (χ1n) is 10.6. The van der Waals surface area contributed by atoms with Crippen molar-refractivity contribution in [2.75, 3.05) is 62.4 Å². The topological polar surface area (TPSA) is 95.2 Å². The van der Waals surface area contributed by atoms with Crippen molar-refractivity contribution in [1.82, 2.24) is 9.29 Å². The van der Waals surface area contributed by atoms with E-state index in [1.165, 1.54) is 12.1 Å². The van der Waals surface area contributed by atoms with Gasteiger partial charge in [-0.2, -0.15) is 17.5 Å². The summed E-state index contributed by atoms with van der Waals surface area (Å²) in [6, 6.07) is 0.764. The van der Waals surface area contributed by atoms with Crippen LogP contribution in [0.15, 0.2) is 16.9 Å². The second kappa shape index (κ2) is 8.84. The zero-order valence-corrected chi connectivity index (χ0v) is 18.5. The van der Waals surface area contributed by atoms with Crippen molar-refractivity contribution >= 4 is 21.5 Å². The zero-order chi connectivity index (χ0) is 23.1. The van der Waals surface area contributed by atoms with Gasteiger partial charge in [0.1, 0.15) is 17.1 Å². The van der Waals surface area contributed by atoms with Gasteiger partial charge in [-0.05, 0) is 13.3 Å². The summed E-state index contributed by atoms with van der Waals surface area (Å²) >= 11 is 0. The number of H-pyrrole nitrogens is 1. The maximum atomic E-state index is 14.0. The fraction of sp³-hybridized carbons (Fsp3) is 0.737. The van der Waals surface area contributed by atoms with Crippen molar-refractivity contribution < 1.29 is 31.1 Å². The molecule has 0 aromatic carbocycles. The molecular formula is C19H27F3N4O5S. The number of anilines is 2. The molecule has 3 aliphatic heterocycles. The Hall–Kier alpha value is -1.83. The molecular weight excluding hydrogens is 453 g/mol. The van der Waals surface area contributed by atoms with Crippen LogP contribution >= 0.6 is 0 Å². The number of nitrogens with one attached hydrogen (secondary N) is 1. The van der Waals surface area contributed by atoms with Crippen LogP contribution in [0.1, 0.15) is 13.3 Å². The van der Waals surface area contributed by atoms with E-state index < -0.39 is 39.6 Å². The van der Waals surface area contributed by atoms with Crippen LogP contribution in [0.3, 0.4) is 0 Å². The average Bonchev–Trinajstić information content (AvgIpc) is 3.28. The number of sulfonamides is 1. The van der Waals surface area contributed by atoms with Gasteiger partial charge in [0.05, 0.1) is 19.8 Å². The van der Waals surface area contributed by atoms with Crippen molar-refractivity contribution in [2.45, 2.75) is 36.9 Å². The molecule has 2 unspecified atom stereocenters. The van der Waals surface area contributed by atoms with Crippen molar-refractivity contribution in [2.24, 2.45) is 0 Å². The molecule has 13 heteroatoms. The lowest BCUT2D eigenvalue weighted by molar-refractivity contribution is -0.153. The largest absolute Gasteiger partial charge is 0.410 e. The number of aromatic amines is 1. The van der Waals surface area contributed by atoms with Crippen molar-refractivity contribution in [3.63, 3.8) is 0 Å². The number of hydrogen-bond donors (Lipinski definition) is 1. The first-order valence-corrected chi connectivity index (χ1v) is 12.1. The van der Waals surface area contributed by atoms with Gasteiger partial charge in [0.2, 0.25) is 10.0 Å². The highest BCUT2D eigenvalue weighted by molar-refractivity contribution is 7.89. The number of nitrogens with zero attached hydrogens (tertiary/aromatic N) is 3. The molecule has 180 valence electrons. The van der Waals surface area contributed by atoms with Crippen LogP contribution in [0.4, 0.5) is 24.7 Å². The Morgan fingerprint density at radius 2 is 1.81 bits per heavy atom. The third-order valence-electron chi connectivity index (χ3n) is 6.21. The predicted molar refractivity (Wildman–Crippen MR) is 112 cm³/mol. The maximum absolute atomic E-state index is 14.0. The number of pyridine rings is 1. The average molecular weight is 481 g/mol. The quantitative estimate of drug-likeness (QED) is 0.680. The van der Waals surface area contributed by atoms with E-state index in [9.17, 15) is 26.4 Å². The highest BCUT2D eigenvalue weighted by Crippen LogP contribution is 2.34. The molecule has 0 radical (unpaired) electrons. The summed E-state index contributed by atoms with van der Waals surface area (Å²) in [6.07, 6.45) is -4.42. The summed E-state index contributed by atoms with van der Waals surface area (Å²) in [5.74, 6) is 0.0229. The van der Waals surface area contributed by atoms with Crippen LogP contribution in [0, 0.1) is 0 Å². The number of aromatic nitrogens is 1. The number of piperazine rings is 1. The molecule has 1 N–H and O–H groups in total. The molecule has 0 spiro atoms. The normalized spacial score (nSPS) is 28.3. The summed E-state index contributed by atoms with van der Waals surface area (Å²) in [4.78, 5) is 17.8. The van der Waals surface area contributed by atoms with Gasteiger partial charge >= 0.3 is 6.18 Å². The summed E-state index contributed by atoms with van der Waals surface area (Å²) in [5, 5.41) is -0.825. The van der Waals surface area contributed by atoms with Crippen LogP contribution in [0.5, 0.6) is 0 Å². The van der Waals surface area contributed by atoms with Gasteiger partial charge < -0.3 is 24.3 Å². The first-order chi connectivity index (χ1) is 15.1. The number of hydrogen-bond acceptors (Lipinski definition) is 7. The number of alkyl halides is 3. The fourth-order valence-corrected chi connectivity index (χ4v) is 6.23. The predicted octanol–water partition coefficient (Wildman–Crippen LogP) is 0.772. The standard InChI is InChI=1S/C19H27F3N4O5S/c1-13-11-31-7-5-25(13)14-8-17(23-18(27)9-14)26-4-3-24(10-16(26)19(20,21)22)32(28,29)15-2-6-30-12-15/h8-9,13,15-16H,2-7,10-12H2,1H3,(H,23,27)/t13-,15?,16?/m1/s1. The summed E-state index contributed by atoms with van der Waals surface area (Å²) < 4.78 is 79.2. The van der Waals surface area contributed by atoms with E-state index in [0.29, 0.717) is 25.4 Å². The van der Waals surface area contributed by atoms with E-state index in [1.807, 2.05) is 11.8 Å². The Bertz CT molecular complexity index is 980. The molecule has 3 aliphatic rings. The lowest BCUT2D eigenvalue weighted by Gasteiger charge is -2.43. The highest BCUT2D eigenvalue weighted by Gasteiger charge is 2.50. The minimum Gasteiger partial charge on any atom is -0.380 e. The number of rotatable bonds is 4. The van der Waals surface area contributed by atoms with Crippen LogP contribution in [0.25, 0.3) is 0 Å². The zero-order valence-electron chi connectivity index (χ0n) is 17.7. The third-order valence-corrected chi connectivity index (χ3v) is 8.48. The molecule has 1 aromatic rings. The first kappa shape index (κ1) is 23.3. The van der Waals surface area contributed by atoms with Gasteiger partial charge in [0.15, 0.2) is 0 Å². The van der Waals surface area contributed by atoms with Gasteiger partial charge in [-0.3, -0.25) is 4.79 Å². The molecule has 0 saturated carbocycles. The molecule has 4 heterocycles. The minimum absolute atomic E-state index is 0.00761. The Kier molecular flexibility index (Phi) is 6.45. The molecule has 3 fully saturated rings. The lowest BCUT2D eigenvalue weighted by Crippen LogP contribution is -2.61. The van der Waals surface area contributed by atoms with Gasteiger partial charge in [0, 0.05) is 56.6 Å². The molecule has 0 bridgehead atoms. The van der Waals surface area contributed by atoms with Crippen molar-refractivity contribution in [3.8, 4) is 0 Å². The van der Waals surface area contributed by atoms with E-state index in [-0.39, 0.29) is 44.6 Å². The number of ether oxygens (including phenoxy) is 2. The molecule has 3 atom stereocenters. The molecule has 9 nitrogen and oxygen atoms in total. The van der Waals surface area contributed by atoms with Gasteiger partial charge in [-0.25, -0.2) is 8.42 Å². The van der Waals surface area contributed by atoms with Crippen molar-refractivity contribution in [3.05, 3.63) is 22.5 Å². The van der Waals surface area contributed by atoms with Crippen LogP contribution in [-0.4, -0.2) is 93.8 Å². The van der Waals surface area contributed by atoms with Gasteiger partial charge in [0.25, 0.3) is 5.56 Å². The highest BCUT2D eigenvalue weighted by atomic mass is 32.2. The molecule has 4 rings (SSSR count). The molecule has 0 amide bonds. The second-order valence-electron chi connectivity index (χ2n) is 8.34. The second-order valence-corrected chi connectivity index (χ2v) is 10.6. The third kappa shape index (κ3) is 4.61. The van der Waals surface area contributed by atoms with E-state index in [0.717, 1.165) is 9.21 Å². The van der Waals surface area contributed by atoms with E-state index in [1.54, 1.807) is 0 Å². The van der Waals surface area contributed by atoms with Crippen LogP contribution < -0.4 is 15.4 Å². The SMILES string of the molecule is C[C@@H]1COCCN1c1cc(N2CCN(S(=O)(=O)C3CCOC3)CC2C(F)(F)F)[nH]c(=O)c1. The Balaban J connectivity index is 1.62. The summed E-state index contributed by atoms with van der Waals surface area (Å²) in [6.45, 7) is 2.57. The molecule has 1 aromatic heterocycles. The van der Waals surface area contributed by atoms with Gasteiger partial charge in [-0.1, -0.05) is 0 Å². The Morgan fingerprint density at radius 1 is 1.06 bits per heavy atom. The molecule has 0 aliphatic carbocycles. The van der Waals surface area contributed by atoms with Crippen LogP contribution in [-0.2, 0) is 19.5 Å². The van der Waals surface area contributed by atoms with Gasteiger partial charge in [-0.15, -0.1) is 0 Å². The number of halogens is 3.